The van der Waals surface area contributed by atoms with Gasteiger partial charge < -0.3 is 0 Å². The maximum atomic E-state index is 13.6. The molecule has 10 rings (SSSR count). The largest absolute Gasteiger partial charge is 0.292 e. The van der Waals surface area contributed by atoms with E-state index in [4.69, 9.17) is 20.0 Å². The molecule has 0 N–H and O–H groups in total. The fourth-order valence-corrected chi connectivity index (χ4v) is 13.1. The lowest BCUT2D eigenvalue weighted by Gasteiger charge is -2.39. The third kappa shape index (κ3) is 4.65. The highest BCUT2D eigenvalue weighted by molar-refractivity contribution is 7.24. The summed E-state index contributed by atoms with van der Waals surface area (Å²) in [7, 11) is 0. The zero-order chi connectivity index (χ0) is 34.0. The predicted octanol–water partition coefficient (Wildman–Crippen LogP) is 8.79. The molecular formula is C40H40N4O4S2. The number of aliphatic imine (C=N–C) groups is 2. The van der Waals surface area contributed by atoms with Crippen molar-refractivity contribution < 1.29 is 19.2 Å². The number of thiazole rings is 2. The molecule has 2 aromatic heterocycles. The normalized spacial score (nSPS) is 32.5. The van der Waals surface area contributed by atoms with E-state index in [0.29, 0.717) is 33.9 Å². The van der Waals surface area contributed by atoms with E-state index >= 15 is 0 Å². The highest BCUT2D eigenvalue weighted by atomic mass is 32.1. The summed E-state index contributed by atoms with van der Waals surface area (Å²) in [6.45, 7) is 4.04. The van der Waals surface area contributed by atoms with E-state index in [1.54, 1.807) is 0 Å². The van der Waals surface area contributed by atoms with Gasteiger partial charge in [0.25, 0.3) is 0 Å². The molecule has 0 bridgehead atoms. The number of rotatable bonds is 2. The number of hydrogen-bond acceptors (Lipinski definition) is 10. The second-order valence-corrected chi connectivity index (χ2v) is 18.1. The van der Waals surface area contributed by atoms with Crippen LogP contribution in [0.15, 0.2) is 22.1 Å². The van der Waals surface area contributed by atoms with E-state index in [9.17, 15) is 19.2 Å². The standard InChI is InChI=1S/C40H40N4O4S2/c1-17-11-27-28(37-29(17)41-39(49-37)43-31-33(45)23-13-19-7-3-4-8-20(19)14-24(23)34(31)46)12-18(2)30-38(27)50-40(42-30)44-32-35(47)25-15-21-9-5-6-10-22(21)16-26(25)36(32)48/h11-12,19-26H,3-10,13-16H2,1-2H3. The van der Waals surface area contributed by atoms with Crippen molar-refractivity contribution in [1.29, 1.82) is 0 Å². The molecule has 0 amide bonds. The van der Waals surface area contributed by atoms with Crippen molar-refractivity contribution in [2.45, 2.75) is 90.9 Å². The summed E-state index contributed by atoms with van der Waals surface area (Å²) in [5.74, 6) is 1.01. The Morgan fingerprint density at radius 1 is 0.540 bits per heavy atom. The zero-order valence-electron chi connectivity index (χ0n) is 28.5. The Bertz CT molecular complexity index is 2040. The molecule has 6 aliphatic carbocycles. The minimum atomic E-state index is -0.222. The van der Waals surface area contributed by atoms with Gasteiger partial charge in [-0.3, -0.25) is 19.2 Å². The molecule has 4 aromatic rings. The second-order valence-electron chi connectivity index (χ2n) is 16.2. The van der Waals surface area contributed by atoms with Crippen LogP contribution in [0.1, 0.15) is 88.2 Å². The first-order chi connectivity index (χ1) is 24.2. The molecule has 8 nitrogen and oxygen atoms in total. The number of aryl methyl sites for hydroxylation is 2. The van der Waals surface area contributed by atoms with Crippen LogP contribution in [-0.2, 0) is 19.2 Å². The van der Waals surface area contributed by atoms with Crippen LogP contribution in [0.2, 0.25) is 0 Å². The summed E-state index contributed by atoms with van der Waals surface area (Å²) >= 11 is 2.84. The van der Waals surface area contributed by atoms with Crippen molar-refractivity contribution in [3.63, 3.8) is 0 Å². The minimum Gasteiger partial charge on any atom is -0.292 e. The minimum absolute atomic E-state index is 0.0851. The van der Waals surface area contributed by atoms with Crippen LogP contribution >= 0.6 is 22.7 Å². The van der Waals surface area contributed by atoms with Crippen molar-refractivity contribution in [3.8, 4) is 0 Å². The van der Waals surface area contributed by atoms with Gasteiger partial charge in [-0.2, -0.15) is 0 Å². The smallest absolute Gasteiger partial charge is 0.211 e. The van der Waals surface area contributed by atoms with E-state index in [1.807, 2.05) is 13.8 Å². The van der Waals surface area contributed by atoms with E-state index < -0.39 is 0 Å². The van der Waals surface area contributed by atoms with Crippen LogP contribution < -0.4 is 0 Å². The summed E-state index contributed by atoms with van der Waals surface area (Å²) < 4.78 is 1.91. The molecule has 8 unspecified atom stereocenters. The number of aromatic nitrogens is 2. The fraction of sp³-hybridized carbons (Fsp3) is 0.550. The summed E-state index contributed by atoms with van der Waals surface area (Å²) in [6.07, 6.45) is 12.9. The SMILES string of the molecule is Cc1cc2c(cc(C)c3nc(N=C4C(=O)C5CC6CCCCC6CC5C4=O)sc32)c2sc(N=C3C(=O)C4CC5CCCCC5CC4C3=O)nc12. The highest BCUT2D eigenvalue weighted by Gasteiger charge is 2.53. The number of carbonyl (C=O) groups is 4. The van der Waals surface area contributed by atoms with Crippen molar-refractivity contribution in [3.05, 3.63) is 23.3 Å². The number of Topliss-reactive ketones (excluding diaryl/α,β-unsaturated/α-hetero) is 4. The lowest BCUT2D eigenvalue weighted by atomic mass is 9.64. The first kappa shape index (κ1) is 31.3. The number of ketones is 4. The van der Waals surface area contributed by atoms with Crippen LogP contribution in [0.3, 0.4) is 0 Å². The summed E-state index contributed by atoms with van der Waals surface area (Å²) in [5, 5.41) is 2.89. The average molecular weight is 705 g/mol. The second kappa shape index (κ2) is 11.5. The fourth-order valence-electron chi connectivity index (χ4n) is 11.0. The molecule has 2 aromatic carbocycles. The molecule has 0 saturated heterocycles. The van der Waals surface area contributed by atoms with Crippen LogP contribution in [0.25, 0.3) is 31.2 Å². The van der Waals surface area contributed by atoms with E-state index in [-0.39, 0.29) is 58.2 Å². The van der Waals surface area contributed by atoms with E-state index in [2.05, 4.69) is 12.1 Å². The van der Waals surface area contributed by atoms with Gasteiger partial charge in [-0.15, -0.1) is 0 Å². The van der Waals surface area contributed by atoms with Gasteiger partial charge in [0, 0.05) is 34.4 Å². The van der Waals surface area contributed by atoms with Gasteiger partial charge in [0.15, 0.2) is 34.6 Å². The van der Waals surface area contributed by atoms with Gasteiger partial charge in [-0.1, -0.05) is 74.0 Å². The van der Waals surface area contributed by atoms with Gasteiger partial charge in [0.2, 0.25) is 10.3 Å². The quantitative estimate of drug-likeness (QED) is 0.206. The summed E-state index contributed by atoms with van der Waals surface area (Å²) in [4.78, 5) is 73.4. The molecule has 0 aliphatic heterocycles. The number of nitrogens with zero attached hydrogens (tertiary/aromatic N) is 4. The van der Waals surface area contributed by atoms with Gasteiger partial charge in [0.05, 0.1) is 20.4 Å². The lowest BCUT2D eigenvalue weighted by molar-refractivity contribution is -0.123. The molecule has 8 atom stereocenters. The number of benzene rings is 2. The zero-order valence-corrected chi connectivity index (χ0v) is 30.1. The Hall–Kier alpha value is -3.50. The Kier molecular flexibility index (Phi) is 7.19. The molecule has 0 radical (unpaired) electrons. The van der Waals surface area contributed by atoms with E-state index in [1.165, 1.54) is 74.0 Å². The molecule has 10 heteroatoms. The third-order valence-electron chi connectivity index (χ3n) is 13.5. The van der Waals surface area contributed by atoms with Gasteiger partial charge >= 0.3 is 0 Å². The Morgan fingerprint density at radius 2 is 0.860 bits per heavy atom. The van der Waals surface area contributed by atoms with Crippen LogP contribution in [0.5, 0.6) is 0 Å². The molecule has 256 valence electrons. The van der Waals surface area contributed by atoms with Crippen LogP contribution in [-0.4, -0.2) is 44.5 Å². The molecule has 6 saturated carbocycles. The topological polar surface area (TPSA) is 119 Å². The maximum absolute atomic E-state index is 13.6. The first-order valence-electron chi connectivity index (χ1n) is 18.7. The van der Waals surface area contributed by atoms with Crippen molar-refractivity contribution in [2.24, 2.45) is 57.3 Å². The van der Waals surface area contributed by atoms with Gasteiger partial charge in [-0.05, 0) is 86.5 Å². The Balaban J connectivity index is 1.00. The summed E-state index contributed by atoms with van der Waals surface area (Å²) in [6, 6.07) is 4.21. The predicted molar refractivity (Wildman–Crippen MR) is 197 cm³/mol. The first-order valence-corrected chi connectivity index (χ1v) is 20.3. The Labute approximate surface area is 298 Å². The van der Waals surface area contributed by atoms with E-state index in [0.717, 1.165) is 68.0 Å². The molecular weight excluding hydrogens is 665 g/mol. The highest BCUT2D eigenvalue weighted by Crippen LogP contribution is 2.51. The van der Waals surface area contributed by atoms with Crippen LogP contribution in [0, 0.1) is 61.2 Å². The molecule has 0 spiro atoms. The van der Waals surface area contributed by atoms with Crippen molar-refractivity contribution in [2.75, 3.05) is 0 Å². The number of hydrogen-bond donors (Lipinski definition) is 0. The van der Waals surface area contributed by atoms with Gasteiger partial charge in [0.1, 0.15) is 0 Å². The molecule has 2 heterocycles. The molecule has 6 fully saturated rings. The van der Waals surface area contributed by atoms with Crippen molar-refractivity contribution in [1.82, 2.24) is 9.97 Å². The monoisotopic (exact) mass is 704 g/mol. The van der Waals surface area contributed by atoms with Gasteiger partial charge in [-0.25, -0.2) is 20.0 Å². The average Bonchev–Trinajstić information content (AvgIpc) is 3.86. The lowest BCUT2D eigenvalue weighted by Crippen LogP contribution is -2.35. The summed E-state index contributed by atoms with van der Waals surface area (Å²) in [5.41, 5.74) is 3.76. The number of carbonyl (C=O) groups excluding carboxylic acids is 4. The molecule has 50 heavy (non-hydrogen) atoms. The number of fused-ring (bicyclic) bond motifs is 9. The third-order valence-corrected chi connectivity index (χ3v) is 15.5. The molecule has 6 aliphatic rings. The maximum Gasteiger partial charge on any atom is 0.211 e. The van der Waals surface area contributed by atoms with Crippen LogP contribution in [0.4, 0.5) is 10.3 Å². The van der Waals surface area contributed by atoms with Crippen molar-refractivity contribution >= 4 is 98.7 Å². The Morgan fingerprint density at radius 3 is 1.18 bits per heavy atom.